The smallest absolute Gasteiger partial charge is 0.416 e. The highest BCUT2D eigenvalue weighted by molar-refractivity contribution is 5.94. The lowest BCUT2D eigenvalue weighted by atomic mass is 10.1. The number of carbonyl (C=O) groups is 1. The Balaban J connectivity index is 1.38. The molecular formula is C22H26F3N3O2. The van der Waals surface area contributed by atoms with Crippen molar-refractivity contribution in [1.82, 2.24) is 10.2 Å². The van der Waals surface area contributed by atoms with Gasteiger partial charge in [-0.25, -0.2) is 0 Å². The molecule has 0 radical (unpaired) electrons. The van der Waals surface area contributed by atoms with Crippen LogP contribution in [0.1, 0.15) is 22.3 Å². The molecule has 0 atom stereocenters. The molecule has 0 bridgehead atoms. The second-order valence-electron chi connectivity index (χ2n) is 7.21. The summed E-state index contributed by atoms with van der Waals surface area (Å²) >= 11 is 0. The van der Waals surface area contributed by atoms with Gasteiger partial charge in [-0.2, -0.15) is 13.2 Å². The van der Waals surface area contributed by atoms with Gasteiger partial charge < -0.3 is 15.0 Å². The number of piperazine rings is 1. The molecule has 2 aromatic carbocycles. The summed E-state index contributed by atoms with van der Waals surface area (Å²) < 4.78 is 43.5. The number of methoxy groups -OCH3 is 1. The topological polar surface area (TPSA) is 44.8 Å². The summed E-state index contributed by atoms with van der Waals surface area (Å²) in [6.45, 7) is 4.94. The molecule has 0 saturated carbocycles. The number of halogens is 3. The first-order chi connectivity index (χ1) is 14.4. The van der Waals surface area contributed by atoms with Gasteiger partial charge in [-0.05, 0) is 55.4 Å². The maximum atomic E-state index is 12.8. The molecule has 1 heterocycles. The van der Waals surface area contributed by atoms with Crippen LogP contribution in [0.15, 0.2) is 48.5 Å². The number of benzene rings is 2. The van der Waals surface area contributed by atoms with Crippen LogP contribution in [-0.4, -0.2) is 57.2 Å². The second-order valence-corrected chi connectivity index (χ2v) is 7.21. The maximum Gasteiger partial charge on any atom is 0.416 e. The quantitative estimate of drug-likeness (QED) is 0.694. The first-order valence-corrected chi connectivity index (χ1v) is 9.93. The number of amides is 1. The molecule has 1 aliphatic heterocycles. The largest absolute Gasteiger partial charge is 0.497 e. The van der Waals surface area contributed by atoms with Gasteiger partial charge in [0.25, 0.3) is 5.91 Å². The predicted molar refractivity (Wildman–Crippen MR) is 110 cm³/mol. The molecule has 8 heteroatoms. The lowest BCUT2D eigenvalue weighted by Gasteiger charge is -2.36. The van der Waals surface area contributed by atoms with Crippen molar-refractivity contribution in [3.8, 4) is 5.75 Å². The van der Waals surface area contributed by atoms with E-state index in [-0.39, 0.29) is 5.56 Å². The first-order valence-electron chi connectivity index (χ1n) is 9.93. The summed E-state index contributed by atoms with van der Waals surface area (Å²) in [4.78, 5) is 16.8. The molecule has 0 unspecified atom stereocenters. The van der Waals surface area contributed by atoms with Crippen LogP contribution in [0.25, 0.3) is 0 Å². The third-order valence-electron chi connectivity index (χ3n) is 5.20. The zero-order valence-electron chi connectivity index (χ0n) is 16.9. The highest BCUT2D eigenvalue weighted by atomic mass is 19.4. The fourth-order valence-corrected chi connectivity index (χ4v) is 3.47. The Morgan fingerprint density at radius 2 is 1.77 bits per heavy atom. The number of ether oxygens (including phenoxy) is 1. The van der Waals surface area contributed by atoms with Crippen molar-refractivity contribution < 1.29 is 22.7 Å². The molecule has 1 saturated heterocycles. The minimum Gasteiger partial charge on any atom is -0.497 e. The van der Waals surface area contributed by atoms with E-state index in [0.29, 0.717) is 6.54 Å². The van der Waals surface area contributed by atoms with Crippen LogP contribution in [-0.2, 0) is 6.18 Å². The van der Waals surface area contributed by atoms with Crippen LogP contribution in [0.4, 0.5) is 18.9 Å². The van der Waals surface area contributed by atoms with Crippen LogP contribution >= 0.6 is 0 Å². The van der Waals surface area contributed by atoms with E-state index < -0.39 is 17.6 Å². The average Bonchev–Trinajstić information content (AvgIpc) is 2.76. The molecule has 3 rings (SSSR count). The molecule has 5 nitrogen and oxygen atoms in total. The van der Waals surface area contributed by atoms with Crippen molar-refractivity contribution in [2.45, 2.75) is 12.6 Å². The number of anilines is 1. The molecule has 0 aliphatic carbocycles. The number of nitrogens with zero attached hydrogens (tertiary/aromatic N) is 2. The number of nitrogens with one attached hydrogen (secondary N) is 1. The van der Waals surface area contributed by atoms with Crippen LogP contribution < -0.4 is 15.0 Å². The van der Waals surface area contributed by atoms with E-state index in [2.05, 4.69) is 27.2 Å². The van der Waals surface area contributed by atoms with E-state index >= 15 is 0 Å². The van der Waals surface area contributed by atoms with Crippen molar-refractivity contribution in [3.05, 3.63) is 59.7 Å². The van der Waals surface area contributed by atoms with Crippen molar-refractivity contribution in [3.63, 3.8) is 0 Å². The van der Waals surface area contributed by atoms with Crippen LogP contribution in [0.2, 0.25) is 0 Å². The zero-order chi connectivity index (χ0) is 21.6. The maximum absolute atomic E-state index is 12.8. The van der Waals surface area contributed by atoms with E-state index in [1.807, 2.05) is 12.1 Å². The fraction of sp³-hybridized carbons (Fsp3) is 0.409. The first kappa shape index (κ1) is 22.0. The van der Waals surface area contributed by atoms with E-state index in [0.717, 1.165) is 57.0 Å². The molecule has 162 valence electrons. The van der Waals surface area contributed by atoms with Crippen LogP contribution in [0, 0.1) is 0 Å². The molecule has 1 fully saturated rings. The Bertz CT molecular complexity index is 832. The van der Waals surface area contributed by atoms with Gasteiger partial charge in [0, 0.05) is 44.0 Å². The average molecular weight is 421 g/mol. The van der Waals surface area contributed by atoms with Gasteiger partial charge in [-0.3, -0.25) is 9.69 Å². The minimum absolute atomic E-state index is 0.0259. The van der Waals surface area contributed by atoms with Gasteiger partial charge in [0.1, 0.15) is 5.75 Å². The van der Waals surface area contributed by atoms with Gasteiger partial charge in [0.15, 0.2) is 0 Å². The number of carbonyl (C=O) groups excluding carboxylic acids is 1. The van der Waals surface area contributed by atoms with Gasteiger partial charge in [-0.15, -0.1) is 0 Å². The Kier molecular flexibility index (Phi) is 7.20. The Hall–Kier alpha value is -2.74. The molecule has 30 heavy (non-hydrogen) atoms. The van der Waals surface area contributed by atoms with Crippen molar-refractivity contribution in [1.29, 1.82) is 0 Å². The highest BCUT2D eigenvalue weighted by Gasteiger charge is 2.30. The van der Waals surface area contributed by atoms with Crippen LogP contribution in [0.3, 0.4) is 0 Å². The summed E-state index contributed by atoms with van der Waals surface area (Å²) in [6, 6.07) is 12.5. The number of hydrogen-bond acceptors (Lipinski definition) is 4. The Morgan fingerprint density at radius 1 is 1.07 bits per heavy atom. The lowest BCUT2D eigenvalue weighted by molar-refractivity contribution is -0.137. The van der Waals surface area contributed by atoms with E-state index in [4.69, 9.17) is 4.74 Å². The van der Waals surface area contributed by atoms with Gasteiger partial charge in [0.05, 0.1) is 12.7 Å². The van der Waals surface area contributed by atoms with Crippen molar-refractivity contribution in [2.24, 2.45) is 0 Å². The zero-order valence-corrected chi connectivity index (χ0v) is 16.9. The number of rotatable bonds is 7. The van der Waals surface area contributed by atoms with Crippen molar-refractivity contribution in [2.75, 3.05) is 51.3 Å². The standard InChI is InChI=1S/C22H26F3N3O2/c1-30-20-8-6-19(7-9-20)28-14-12-27(13-15-28)11-3-10-26-21(29)17-4-2-5-18(16-17)22(23,24)25/h2,4-9,16H,3,10-15H2,1H3,(H,26,29). The Morgan fingerprint density at radius 3 is 2.40 bits per heavy atom. The normalized spacial score (nSPS) is 15.1. The monoisotopic (exact) mass is 421 g/mol. The molecule has 1 N–H and O–H groups in total. The SMILES string of the molecule is COc1ccc(N2CCN(CCCNC(=O)c3cccc(C(F)(F)F)c3)CC2)cc1. The van der Waals surface area contributed by atoms with Gasteiger partial charge >= 0.3 is 6.18 Å². The van der Waals surface area contributed by atoms with Gasteiger partial charge in [-0.1, -0.05) is 6.07 Å². The molecular weight excluding hydrogens is 395 g/mol. The second kappa shape index (κ2) is 9.84. The number of alkyl halides is 3. The fourth-order valence-electron chi connectivity index (χ4n) is 3.47. The van der Waals surface area contributed by atoms with Crippen LogP contribution in [0.5, 0.6) is 5.75 Å². The molecule has 0 spiro atoms. The van der Waals surface area contributed by atoms with Crippen molar-refractivity contribution >= 4 is 11.6 Å². The third-order valence-corrected chi connectivity index (χ3v) is 5.20. The van der Waals surface area contributed by atoms with E-state index in [1.54, 1.807) is 7.11 Å². The molecule has 1 amide bonds. The third kappa shape index (κ3) is 5.89. The molecule has 0 aromatic heterocycles. The molecule has 2 aromatic rings. The predicted octanol–water partition coefficient (Wildman–Crippen LogP) is 3.66. The van der Waals surface area contributed by atoms with E-state index in [9.17, 15) is 18.0 Å². The summed E-state index contributed by atoms with van der Waals surface area (Å²) in [5.74, 6) is 0.356. The summed E-state index contributed by atoms with van der Waals surface area (Å²) in [7, 11) is 1.65. The molecule has 1 aliphatic rings. The number of hydrogen-bond donors (Lipinski definition) is 1. The summed E-state index contributed by atoms with van der Waals surface area (Å²) in [5, 5.41) is 2.71. The summed E-state index contributed by atoms with van der Waals surface area (Å²) in [5.41, 5.74) is 0.381. The van der Waals surface area contributed by atoms with E-state index in [1.165, 1.54) is 17.8 Å². The lowest BCUT2D eigenvalue weighted by Crippen LogP contribution is -2.47. The highest BCUT2D eigenvalue weighted by Crippen LogP contribution is 2.29. The Labute approximate surface area is 174 Å². The minimum atomic E-state index is -4.45. The van der Waals surface area contributed by atoms with Gasteiger partial charge in [0.2, 0.25) is 0 Å². The summed E-state index contributed by atoms with van der Waals surface area (Å²) in [6.07, 6.45) is -3.71.